The van der Waals surface area contributed by atoms with Gasteiger partial charge in [-0.3, -0.25) is 9.59 Å². The van der Waals surface area contributed by atoms with Crippen LogP contribution in [0.4, 0.5) is 0 Å². The smallest absolute Gasteiger partial charge is 0.306 e. The lowest BCUT2D eigenvalue weighted by Crippen LogP contribution is -2.59. The molecule has 61 heavy (non-hydrogen) atoms. The van der Waals surface area contributed by atoms with Crippen molar-refractivity contribution in [3.63, 3.8) is 0 Å². The van der Waals surface area contributed by atoms with Gasteiger partial charge in [0.05, 0.1) is 13.2 Å². The molecule has 0 radical (unpaired) electrons. The second kappa shape index (κ2) is 41.9. The van der Waals surface area contributed by atoms with Crippen LogP contribution in [-0.4, -0.2) is 89.0 Å². The van der Waals surface area contributed by atoms with E-state index >= 15 is 0 Å². The van der Waals surface area contributed by atoms with Crippen molar-refractivity contribution in [2.24, 2.45) is 0 Å². The number of unbranched alkanes of at least 4 members (excludes halogenated alkanes) is 25. The fourth-order valence-electron chi connectivity index (χ4n) is 7.55. The molecule has 6 unspecified atom stereocenters. The van der Waals surface area contributed by atoms with Gasteiger partial charge in [0, 0.05) is 12.8 Å². The minimum atomic E-state index is -1.60. The zero-order valence-corrected chi connectivity index (χ0v) is 38.9. The zero-order chi connectivity index (χ0) is 44.4. The highest BCUT2D eigenvalue weighted by molar-refractivity contribution is 5.70. The first-order valence-electron chi connectivity index (χ1n) is 25.1. The molecule has 0 aromatic heterocycles. The molecule has 0 aromatic rings. The molecule has 1 fully saturated rings. The maximum absolute atomic E-state index is 12.8. The molecule has 1 heterocycles. The number of allylic oxidation sites excluding steroid dienone is 6. The maximum atomic E-state index is 12.8. The van der Waals surface area contributed by atoms with Crippen molar-refractivity contribution < 1.29 is 49.0 Å². The van der Waals surface area contributed by atoms with Crippen LogP contribution in [0.1, 0.15) is 219 Å². The van der Waals surface area contributed by atoms with Crippen molar-refractivity contribution >= 4 is 11.9 Å². The topological polar surface area (TPSA) is 152 Å². The van der Waals surface area contributed by atoms with Crippen LogP contribution >= 0.6 is 0 Å². The number of carbonyl (C=O) groups is 2. The van der Waals surface area contributed by atoms with Gasteiger partial charge >= 0.3 is 11.9 Å². The van der Waals surface area contributed by atoms with E-state index in [1.54, 1.807) is 0 Å². The van der Waals surface area contributed by atoms with Gasteiger partial charge in [0.15, 0.2) is 12.4 Å². The zero-order valence-electron chi connectivity index (χ0n) is 38.9. The fraction of sp³-hybridized carbons (Fsp3) is 0.843. The minimum Gasteiger partial charge on any atom is -0.462 e. The quantitative estimate of drug-likeness (QED) is 0.0265. The van der Waals surface area contributed by atoms with Crippen LogP contribution in [-0.2, 0) is 28.5 Å². The first-order chi connectivity index (χ1) is 29.8. The highest BCUT2D eigenvalue weighted by Crippen LogP contribution is 2.23. The number of esters is 2. The molecule has 0 aliphatic carbocycles. The van der Waals surface area contributed by atoms with Crippen LogP contribution in [0, 0.1) is 0 Å². The van der Waals surface area contributed by atoms with E-state index in [1.165, 1.54) is 116 Å². The lowest BCUT2D eigenvalue weighted by Gasteiger charge is -2.39. The molecular formula is C51H92O10. The van der Waals surface area contributed by atoms with Crippen molar-refractivity contribution in [1.29, 1.82) is 0 Å². The molecule has 10 heteroatoms. The Morgan fingerprint density at radius 1 is 0.508 bits per heavy atom. The molecular weight excluding hydrogens is 773 g/mol. The lowest BCUT2D eigenvalue weighted by atomic mass is 9.99. The van der Waals surface area contributed by atoms with Crippen LogP contribution in [0.15, 0.2) is 36.5 Å². The van der Waals surface area contributed by atoms with Gasteiger partial charge in [0.25, 0.3) is 0 Å². The predicted molar refractivity (Wildman–Crippen MR) is 247 cm³/mol. The highest BCUT2D eigenvalue weighted by atomic mass is 16.7. The summed E-state index contributed by atoms with van der Waals surface area (Å²) in [4.78, 5) is 25.4. The Morgan fingerprint density at radius 3 is 1.41 bits per heavy atom. The first-order valence-corrected chi connectivity index (χ1v) is 25.1. The van der Waals surface area contributed by atoms with E-state index in [0.29, 0.717) is 6.42 Å². The van der Waals surface area contributed by atoms with Gasteiger partial charge in [-0.05, 0) is 51.4 Å². The van der Waals surface area contributed by atoms with Gasteiger partial charge in [0.1, 0.15) is 31.0 Å². The van der Waals surface area contributed by atoms with Crippen molar-refractivity contribution in [3.05, 3.63) is 36.5 Å². The van der Waals surface area contributed by atoms with Gasteiger partial charge < -0.3 is 39.4 Å². The number of hydrogen-bond acceptors (Lipinski definition) is 10. The molecule has 1 aliphatic rings. The summed E-state index contributed by atoms with van der Waals surface area (Å²) in [6.45, 7) is 3.41. The molecule has 0 aromatic carbocycles. The summed E-state index contributed by atoms with van der Waals surface area (Å²) in [6.07, 6.45) is 41.4. The normalized spacial score (nSPS) is 20.0. The van der Waals surface area contributed by atoms with E-state index in [-0.39, 0.29) is 32.0 Å². The standard InChI is InChI=1S/C51H92O10/c1-3-5-7-9-11-13-15-17-19-21-22-24-26-28-30-32-34-36-38-40-47(54)60-44(43-59-51-50(57)49(56)48(55)45(41-52)61-51)42-58-46(53)39-37-35-33-31-29-27-25-23-20-18-16-14-12-10-8-6-4-2/h11,13,17,19,22,24,44-45,48-52,55-57H,3-10,12,14-16,18,20-21,23,25-43H2,1-2H3/b13-11-,19-17-,24-22-. The number of hydrogen-bond donors (Lipinski definition) is 4. The highest BCUT2D eigenvalue weighted by Gasteiger charge is 2.44. The van der Waals surface area contributed by atoms with E-state index < -0.39 is 49.4 Å². The summed E-state index contributed by atoms with van der Waals surface area (Å²) in [6, 6.07) is 0. The Labute approximate surface area is 372 Å². The average Bonchev–Trinajstić information content (AvgIpc) is 3.26. The predicted octanol–water partition coefficient (Wildman–Crippen LogP) is 11.4. The molecule has 0 saturated carbocycles. The van der Waals surface area contributed by atoms with Crippen molar-refractivity contribution in [2.75, 3.05) is 19.8 Å². The maximum Gasteiger partial charge on any atom is 0.306 e. The van der Waals surface area contributed by atoms with E-state index in [4.69, 9.17) is 18.9 Å². The largest absolute Gasteiger partial charge is 0.462 e. The molecule has 10 nitrogen and oxygen atoms in total. The monoisotopic (exact) mass is 865 g/mol. The van der Waals surface area contributed by atoms with Crippen molar-refractivity contribution in [2.45, 2.75) is 256 Å². The Hall–Kier alpha value is -2.08. The summed E-state index contributed by atoms with van der Waals surface area (Å²) < 4.78 is 22.2. The molecule has 4 N–H and O–H groups in total. The molecule has 1 rings (SSSR count). The number of aliphatic hydroxyl groups is 4. The second-order valence-corrected chi connectivity index (χ2v) is 17.3. The lowest BCUT2D eigenvalue weighted by molar-refractivity contribution is -0.305. The number of ether oxygens (including phenoxy) is 4. The van der Waals surface area contributed by atoms with Crippen LogP contribution in [0.2, 0.25) is 0 Å². The van der Waals surface area contributed by atoms with Gasteiger partial charge in [0.2, 0.25) is 0 Å². The number of aliphatic hydroxyl groups excluding tert-OH is 4. The average molecular weight is 865 g/mol. The Balaban J connectivity index is 2.29. The summed E-state index contributed by atoms with van der Waals surface area (Å²) in [5.41, 5.74) is 0. The third kappa shape index (κ3) is 33.1. The molecule has 0 spiro atoms. The Morgan fingerprint density at radius 2 is 0.918 bits per heavy atom. The molecule has 356 valence electrons. The summed E-state index contributed by atoms with van der Waals surface area (Å²) in [7, 11) is 0. The van der Waals surface area contributed by atoms with Crippen molar-refractivity contribution in [3.8, 4) is 0 Å². The number of carbonyl (C=O) groups excluding carboxylic acids is 2. The molecule has 1 aliphatic heterocycles. The van der Waals surface area contributed by atoms with Crippen LogP contribution in [0.3, 0.4) is 0 Å². The van der Waals surface area contributed by atoms with Gasteiger partial charge in [-0.15, -0.1) is 0 Å². The van der Waals surface area contributed by atoms with E-state index in [9.17, 15) is 30.0 Å². The Bertz CT molecular complexity index is 1090. The summed E-state index contributed by atoms with van der Waals surface area (Å²) >= 11 is 0. The van der Waals surface area contributed by atoms with Crippen LogP contribution < -0.4 is 0 Å². The minimum absolute atomic E-state index is 0.217. The molecule has 0 bridgehead atoms. The van der Waals surface area contributed by atoms with E-state index in [0.717, 1.165) is 70.6 Å². The van der Waals surface area contributed by atoms with Gasteiger partial charge in [-0.1, -0.05) is 192 Å². The Kier molecular flexibility index (Phi) is 39.1. The summed E-state index contributed by atoms with van der Waals surface area (Å²) in [5.74, 6) is -0.813. The SMILES string of the molecule is CCCCC/C=C\C/C=C\C/C=C\CCCCCCCCC(=O)OC(COC(=O)CCCCCCCCCCCCCCCCCCC)COC1OC(CO)C(O)C(O)C1O. The third-order valence-corrected chi connectivity index (χ3v) is 11.5. The van der Waals surface area contributed by atoms with Crippen molar-refractivity contribution in [1.82, 2.24) is 0 Å². The van der Waals surface area contributed by atoms with E-state index in [2.05, 4.69) is 50.3 Å². The van der Waals surface area contributed by atoms with Gasteiger partial charge in [-0.25, -0.2) is 0 Å². The molecule has 0 amide bonds. The summed E-state index contributed by atoms with van der Waals surface area (Å²) in [5, 5.41) is 40.2. The third-order valence-electron chi connectivity index (χ3n) is 11.5. The number of rotatable bonds is 42. The second-order valence-electron chi connectivity index (χ2n) is 17.3. The molecule has 6 atom stereocenters. The van der Waals surface area contributed by atoms with E-state index in [1.807, 2.05) is 0 Å². The fourth-order valence-corrected chi connectivity index (χ4v) is 7.55. The van der Waals surface area contributed by atoms with Crippen LogP contribution in [0.25, 0.3) is 0 Å². The molecule has 1 saturated heterocycles. The first kappa shape index (κ1) is 56.9. The van der Waals surface area contributed by atoms with Gasteiger partial charge in [-0.2, -0.15) is 0 Å². The van der Waals surface area contributed by atoms with Crippen LogP contribution in [0.5, 0.6) is 0 Å².